The van der Waals surface area contributed by atoms with Crippen LogP contribution in [0.5, 0.6) is 0 Å². The van der Waals surface area contributed by atoms with Gasteiger partial charge in [0.1, 0.15) is 0 Å². The molecule has 0 unspecified atom stereocenters. The van der Waals surface area contributed by atoms with Crippen molar-refractivity contribution in [3.8, 4) is 0 Å². The van der Waals surface area contributed by atoms with Crippen molar-refractivity contribution < 1.29 is 0 Å². The fourth-order valence-electron chi connectivity index (χ4n) is 2.08. The van der Waals surface area contributed by atoms with Crippen LogP contribution in [0, 0.1) is 5.41 Å². The highest BCUT2D eigenvalue weighted by atomic mass is 32.2. The SMILES string of the molecule is CCSCCn1c(=N)sc2cc(C(C)(C)C)ccc21. The number of benzene rings is 1. The lowest BCUT2D eigenvalue weighted by Crippen LogP contribution is -2.14. The molecule has 2 aromatic rings. The number of nitrogens with zero attached hydrogens (tertiary/aromatic N) is 1. The van der Waals surface area contributed by atoms with Gasteiger partial charge in [0.15, 0.2) is 4.80 Å². The molecular formula is C15H22N2S2. The second kappa shape index (κ2) is 5.71. The number of aromatic nitrogens is 1. The Hall–Kier alpha value is -0.740. The first-order chi connectivity index (χ1) is 8.93. The van der Waals surface area contributed by atoms with Gasteiger partial charge in [-0.1, -0.05) is 45.1 Å². The largest absolute Gasteiger partial charge is 0.316 e. The van der Waals surface area contributed by atoms with Crippen LogP contribution in [0.4, 0.5) is 0 Å². The standard InChI is InChI=1S/C15H22N2S2/c1-5-18-9-8-17-12-7-6-11(15(2,3)4)10-13(12)19-14(17)16/h6-7,10,16H,5,8-9H2,1-4H3. The van der Waals surface area contributed by atoms with E-state index in [1.165, 1.54) is 15.8 Å². The quantitative estimate of drug-likeness (QED) is 0.840. The summed E-state index contributed by atoms with van der Waals surface area (Å²) in [6.45, 7) is 9.81. The van der Waals surface area contributed by atoms with Crippen LogP contribution in [0.2, 0.25) is 0 Å². The van der Waals surface area contributed by atoms with Crippen molar-refractivity contribution in [3.63, 3.8) is 0 Å². The molecule has 1 aromatic heterocycles. The van der Waals surface area contributed by atoms with Crippen LogP contribution in [0.25, 0.3) is 10.2 Å². The fourth-order valence-corrected chi connectivity index (χ4v) is 3.65. The number of thiazole rings is 1. The minimum Gasteiger partial charge on any atom is -0.316 e. The average molecular weight is 294 g/mol. The van der Waals surface area contributed by atoms with E-state index < -0.39 is 0 Å². The Bertz CT molecular complexity index is 617. The van der Waals surface area contributed by atoms with Gasteiger partial charge in [-0.05, 0) is 28.9 Å². The fraction of sp³-hybridized carbons (Fsp3) is 0.533. The Kier molecular flexibility index (Phi) is 4.41. The lowest BCUT2D eigenvalue weighted by Gasteiger charge is -2.18. The molecule has 1 N–H and O–H groups in total. The maximum Gasteiger partial charge on any atom is 0.182 e. The van der Waals surface area contributed by atoms with Gasteiger partial charge in [-0.3, -0.25) is 5.41 Å². The first-order valence-corrected chi connectivity index (χ1v) is 8.67. The molecule has 0 spiro atoms. The summed E-state index contributed by atoms with van der Waals surface area (Å²) in [4.78, 5) is 0.665. The third-order valence-electron chi connectivity index (χ3n) is 3.23. The van der Waals surface area contributed by atoms with Crippen LogP contribution in [0.1, 0.15) is 33.3 Å². The molecule has 4 heteroatoms. The summed E-state index contributed by atoms with van der Waals surface area (Å²) in [7, 11) is 0. The van der Waals surface area contributed by atoms with Crippen molar-refractivity contribution in [1.29, 1.82) is 5.41 Å². The molecule has 1 heterocycles. The van der Waals surface area contributed by atoms with Gasteiger partial charge < -0.3 is 4.57 Å². The van der Waals surface area contributed by atoms with Crippen LogP contribution in [0.15, 0.2) is 18.2 Å². The maximum absolute atomic E-state index is 8.13. The normalized spacial score (nSPS) is 12.2. The van der Waals surface area contributed by atoms with E-state index in [0.717, 1.165) is 18.1 Å². The van der Waals surface area contributed by atoms with E-state index in [1.807, 2.05) is 11.8 Å². The zero-order valence-corrected chi connectivity index (χ0v) is 13.8. The van der Waals surface area contributed by atoms with Gasteiger partial charge >= 0.3 is 0 Å². The Morgan fingerprint density at radius 3 is 2.68 bits per heavy atom. The predicted octanol–water partition coefficient (Wildman–Crippen LogP) is 4.23. The summed E-state index contributed by atoms with van der Waals surface area (Å²) in [6.07, 6.45) is 0. The van der Waals surface area contributed by atoms with Crippen LogP contribution >= 0.6 is 23.1 Å². The van der Waals surface area contributed by atoms with Gasteiger partial charge in [-0.25, -0.2) is 0 Å². The summed E-state index contributed by atoms with van der Waals surface area (Å²) < 4.78 is 3.37. The summed E-state index contributed by atoms with van der Waals surface area (Å²) >= 11 is 3.52. The van der Waals surface area contributed by atoms with Crippen molar-refractivity contribution in [2.24, 2.45) is 0 Å². The zero-order chi connectivity index (χ0) is 14.0. The van der Waals surface area contributed by atoms with E-state index in [4.69, 9.17) is 5.41 Å². The number of aryl methyl sites for hydroxylation is 1. The van der Waals surface area contributed by atoms with Crippen molar-refractivity contribution in [2.45, 2.75) is 39.7 Å². The Morgan fingerprint density at radius 1 is 1.32 bits per heavy atom. The van der Waals surface area contributed by atoms with Crippen molar-refractivity contribution in [2.75, 3.05) is 11.5 Å². The molecule has 2 rings (SSSR count). The third kappa shape index (κ3) is 3.23. The van der Waals surface area contributed by atoms with E-state index in [1.54, 1.807) is 11.3 Å². The lowest BCUT2D eigenvalue weighted by molar-refractivity contribution is 0.591. The number of hydrogen-bond acceptors (Lipinski definition) is 3. The molecule has 0 aliphatic heterocycles. The van der Waals surface area contributed by atoms with E-state index in [9.17, 15) is 0 Å². The first-order valence-electron chi connectivity index (χ1n) is 6.69. The smallest absolute Gasteiger partial charge is 0.182 e. The maximum atomic E-state index is 8.13. The highest BCUT2D eigenvalue weighted by Gasteiger charge is 2.15. The van der Waals surface area contributed by atoms with Gasteiger partial charge in [0, 0.05) is 12.3 Å². The highest BCUT2D eigenvalue weighted by molar-refractivity contribution is 7.99. The predicted molar refractivity (Wildman–Crippen MR) is 87.4 cm³/mol. The molecule has 2 nitrogen and oxygen atoms in total. The molecule has 0 saturated heterocycles. The van der Waals surface area contributed by atoms with Crippen LogP contribution < -0.4 is 4.80 Å². The second-order valence-corrected chi connectivity index (χ2v) is 8.11. The number of nitrogens with one attached hydrogen (secondary N) is 1. The summed E-state index contributed by atoms with van der Waals surface area (Å²) in [5.74, 6) is 2.23. The summed E-state index contributed by atoms with van der Waals surface area (Å²) in [6, 6.07) is 6.64. The van der Waals surface area contributed by atoms with Crippen molar-refractivity contribution >= 4 is 33.3 Å². The lowest BCUT2D eigenvalue weighted by atomic mass is 9.87. The molecule has 0 fully saturated rings. The molecule has 0 amide bonds. The molecule has 0 atom stereocenters. The Labute approximate surface area is 123 Å². The number of thioether (sulfide) groups is 1. The average Bonchev–Trinajstić information content (AvgIpc) is 2.64. The topological polar surface area (TPSA) is 28.8 Å². The first kappa shape index (κ1) is 14.7. The summed E-state index contributed by atoms with van der Waals surface area (Å²) in [5, 5.41) is 8.13. The van der Waals surface area contributed by atoms with Gasteiger partial charge in [0.25, 0.3) is 0 Å². The monoisotopic (exact) mass is 294 g/mol. The minimum atomic E-state index is 0.170. The molecule has 0 bridgehead atoms. The molecule has 19 heavy (non-hydrogen) atoms. The molecule has 0 aliphatic carbocycles. The number of rotatable bonds is 4. The van der Waals surface area contributed by atoms with E-state index in [2.05, 4.69) is 50.5 Å². The van der Waals surface area contributed by atoms with Gasteiger partial charge in [-0.2, -0.15) is 11.8 Å². The molecular weight excluding hydrogens is 272 g/mol. The second-order valence-electron chi connectivity index (χ2n) is 5.69. The van der Waals surface area contributed by atoms with Crippen molar-refractivity contribution in [3.05, 3.63) is 28.6 Å². The van der Waals surface area contributed by atoms with Crippen molar-refractivity contribution in [1.82, 2.24) is 4.57 Å². The van der Waals surface area contributed by atoms with E-state index >= 15 is 0 Å². The summed E-state index contributed by atoms with van der Waals surface area (Å²) in [5.41, 5.74) is 2.72. The third-order valence-corrected chi connectivity index (χ3v) is 5.07. The number of hydrogen-bond donors (Lipinski definition) is 1. The highest BCUT2D eigenvalue weighted by Crippen LogP contribution is 2.27. The molecule has 104 valence electrons. The van der Waals surface area contributed by atoms with Gasteiger partial charge in [-0.15, -0.1) is 0 Å². The van der Waals surface area contributed by atoms with Crippen LogP contribution in [0.3, 0.4) is 0 Å². The van der Waals surface area contributed by atoms with Crippen LogP contribution in [-0.2, 0) is 12.0 Å². The molecule has 1 aromatic carbocycles. The van der Waals surface area contributed by atoms with Gasteiger partial charge in [0.05, 0.1) is 10.2 Å². The van der Waals surface area contributed by atoms with E-state index in [0.29, 0.717) is 4.80 Å². The molecule has 0 radical (unpaired) electrons. The van der Waals surface area contributed by atoms with Gasteiger partial charge in [0.2, 0.25) is 0 Å². The number of fused-ring (bicyclic) bond motifs is 1. The zero-order valence-electron chi connectivity index (χ0n) is 12.1. The van der Waals surface area contributed by atoms with Crippen LogP contribution in [-0.4, -0.2) is 16.1 Å². The van der Waals surface area contributed by atoms with E-state index in [-0.39, 0.29) is 5.41 Å². The molecule has 0 saturated carbocycles. The molecule has 0 aliphatic rings. The minimum absolute atomic E-state index is 0.170. The Balaban J connectivity index is 2.40. The Morgan fingerprint density at radius 2 is 2.05 bits per heavy atom.